The standard InChI is InChI=1S/C32H38N4O4/c1-4-32-16-8-7-9-20-12-13-25-22(17-20)23(18-31(2,3)40-25)34-27(37)15-14-26-29(21-10-5-6-11-24(21)39-26)36(28(38)19-32)30(33)35-32/h5-7,9-13,17,23,26,29H,4,8,14-16,18-19H2,1-3H3,(H2,33,35)(H,34,37)/b9-7+/t23-,26?,29?,32+/m0/s1. The van der Waals surface area contributed by atoms with Crippen LogP contribution in [0.4, 0.5) is 0 Å². The lowest BCUT2D eigenvalue weighted by Crippen LogP contribution is -2.54. The Bertz CT molecular complexity index is 1400. The summed E-state index contributed by atoms with van der Waals surface area (Å²) in [5, 5.41) is 3.26. The number of hydrogen-bond donors (Lipinski definition) is 2. The molecule has 0 fully saturated rings. The Morgan fingerprint density at radius 3 is 2.75 bits per heavy atom. The minimum absolute atomic E-state index is 0.0520. The van der Waals surface area contributed by atoms with Gasteiger partial charge in [0.05, 0.1) is 18.0 Å². The SMILES string of the molecule is CC[C@@]12CC/C=C/c3ccc4c(c3)[C@H](CC(C)(C)O4)NC(=O)CCC3Oc4ccccc4C3N(C(=O)C1)C(N)=N2. The summed E-state index contributed by atoms with van der Waals surface area (Å²) in [6, 6.07) is 13.3. The Morgan fingerprint density at radius 2 is 1.95 bits per heavy atom. The van der Waals surface area contributed by atoms with Crippen molar-refractivity contribution in [3.63, 3.8) is 0 Å². The maximum Gasteiger partial charge on any atom is 0.232 e. The highest BCUT2D eigenvalue weighted by Gasteiger charge is 2.47. The van der Waals surface area contributed by atoms with Gasteiger partial charge in [-0.2, -0.15) is 0 Å². The molecule has 0 aromatic heterocycles. The molecule has 3 N–H and O–H groups in total. The number of fused-ring (bicyclic) bond motifs is 7. The van der Waals surface area contributed by atoms with Crippen molar-refractivity contribution >= 4 is 23.8 Å². The summed E-state index contributed by atoms with van der Waals surface area (Å²) >= 11 is 0. The molecule has 4 atom stereocenters. The molecule has 0 saturated heterocycles. The second-order valence-electron chi connectivity index (χ2n) is 12.1. The Balaban J connectivity index is 1.38. The molecule has 40 heavy (non-hydrogen) atoms. The van der Waals surface area contributed by atoms with E-state index in [0.29, 0.717) is 12.8 Å². The van der Waals surface area contributed by atoms with Gasteiger partial charge in [0.15, 0.2) is 5.96 Å². The molecular formula is C32H38N4O4. The van der Waals surface area contributed by atoms with Crippen LogP contribution in [-0.4, -0.2) is 39.9 Å². The number of guanidine groups is 1. The number of hydrogen-bond acceptors (Lipinski definition) is 6. The first kappa shape index (κ1) is 26.4. The Kier molecular flexibility index (Phi) is 6.59. The summed E-state index contributed by atoms with van der Waals surface area (Å²) in [4.78, 5) is 33.7. The Hall–Kier alpha value is -3.81. The zero-order valence-electron chi connectivity index (χ0n) is 23.5. The van der Waals surface area contributed by atoms with E-state index in [9.17, 15) is 9.59 Å². The van der Waals surface area contributed by atoms with E-state index in [1.807, 2.05) is 50.2 Å². The monoisotopic (exact) mass is 542 g/mol. The first-order chi connectivity index (χ1) is 19.2. The molecule has 2 amide bonds. The van der Waals surface area contributed by atoms with Gasteiger partial charge in [-0.25, -0.2) is 4.99 Å². The number of nitrogens with zero attached hydrogens (tertiary/aromatic N) is 2. The summed E-state index contributed by atoms with van der Waals surface area (Å²) in [6.45, 7) is 6.16. The molecule has 5 heterocycles. The number of amides is 2. The van der Waals surface area contributed by atoms with E-state index < -0.39 is 23.3 Å². The molecule has 2 aromatic rings. The van der Waals surface area contributed by atoms with Crippen molar-refractivity contribution in [3.8, 4) is 11.5 Å². The summed E-state index contributed by atoms with van der Waals surface area (Å²) in [5.41, 5.74) is 8.57. The van der Waals surface area contributed by atoms with Crippen LogP contribution in [0.2, 0.25) is 0 Å². The number of carbonyl (C=O) groups is 2. The van der Waals surface area contributed by atoms with E-state index in [1.54, 1.807) is 4.90 Å². The number of carbonyl (C=O) groups excluding carboxylic acids is 2. The molecule has 8 heteroatoms. The second kappa shape index (κ2) is 9.98. The third-order valence-electron chi connectivity index (χ3n) is 8.72. The Labute approximate surface area is 235 Å². The van der Waals surface area contributed by atoms with Crippen molar-refractivity contribution in [2.75, 3.05) is 0 Å². The van der Waals surface area contributed by atoms with Gasteiger partial charge >= 0.3 is 0 Å². The third kappa shape index (κ3) is 4.84. The molecular weight excluding hydrogens is 504 g/mol. The number of ether oxygens (including phenoxy) is 2. The smallest absolute Gasteiger partial charge is 0.232 e. The highest BCUT2D eigenvalue weighted by Crippen LogP contribution is 2.45. The van der Waals surface area contributed by atoms with Gasteiger partial charge in [-0.05, 0) is 63.3 Å². The third-order valence-corrected chi connectivity index (χ3v) is 8.72. The summed E-state index contributed by atoms with van der Waals surface area (Å²) in [7, 11) is 0. The molecule has 0 radical (unpaired) electrons. The van der Waals surface area contributed by atoms with Crippen LogP contribution in [0.5, 0.6) is 11.5 Å². The van der Waals surface area contributed by atoms with Crippen LogP contribution in [0, 0.1) is 0 Å². The maximum absolute atomic E-state index is 13.8. The van der Waals surface area contributed by atoms with Crippen LogP contribution >= 0.6 is 0 Å². The topological polar surface area (TPSA) is 106 Å². The first-order valence-corrected chi connectivity index (χ1v) is 14.4. The van der Waals surface area contributed by atoms with Gasteiger partial charge in [0.1, 0.15) is 29.2 Å². The lowest BCUT2D eigenvalue weighted by molar-refractivity contribution is -0.132. The van der Waals surface area contributed by atoms with Gasteiger partial charge in [0, 0.05) is 24.0 Å². The van der Waals surface area contributed by atoms with Crippen molar-refractivity contribution in [3.05, 3.63) is 65.2 Å². The zero-order chi connectivity index (χ0) is 28.1. The number of nitrogens with two attached hydrogens (primary N) is 1. The normalized spacial score (nSPS) is 30.0. The van der Waals surface area contributed by atoms with E-state index in [1.165, 1.54) is 0 Å². The largest absolute Gasteiger partial charge is 0.488 e. The van der Waals surface area contributed by atoms with E-state index in [4.69, 9.17) is 20.2 Å². The van der Waals surface area contributed by atoms with Crippen molar-refractivity contribution in [2.45, 2.75) is 95.0 Å². The summed E-state index contributed by atoms with van der Waals surface area (Å²) in [5.74, 6) is 1.64. The van der Waals surface area contributed by atoms with E-state index in [2.05, 4.69) is 30.5 Å². The van der Waals surface area contributed by atoms with Crippen LogP contribution in [0.3, 0.4) is 0 Å². The van der Waals surface area contributed by atoms with Gasteiger partial charge in [-0.1, -0.05) is 43.3 Å². The van der Waals surface area contributed by atoms with Crippen molar-refractivity contribution in [2.24, 2.45) is 10.7 Å². The predicted octanol–water partition coefficient (Wildman–Crippen LogP) is 5.19. The zero-order valence-corrected chi connectivity index (χ0v) is 23.5. The highest BCUT2D eigenvalue weighted by molar-refractivity contribution is 5.99. The minimum Gasteiger partial charge on any atom is -0.488 e. The molecule has 4 bridgehead atoms. The summed E-state index contributed by atoms with van der Waals surface area (Å²) < 4.78 is 12.6. The average Bonchev–Trinajstić information content (AvgIpc) is 3.27. The van der Waals surface area contributed by atoms with Gasteiger partial charge in [-0.3, -0.25) is 14.5 Å². The van der Waals surface area contributed by atoms with E-state index in [0.717, 1.165) is 47.5 Å². The molecule has 5 aliphatic rings. The van der Waals surface area contributed by atoms with Gasteiger partial charge in [-0.15, -0.1) is 0 Å². The lowest BCUT2D eigenvalue weighted by atomic mass is 9.84. The number of allylic oxidation sites excluding steroid dienone is 1. The predicted molar refractivity (Wildman–Crippen MR) is 154 cm³/mol. The summed E-state index contributed by atoms with van der Waals surface area (Å²) in [6.07, 6.45) is 7.65. The molecule has 7 rings (SSSR count). The fourth-order valence-corrected chi connectivity index (χ4v) is 6.65. The van der Waals surface area contributed by atoms with Crippen molar-refractivity contribution in [1.82, 2.24) is 10.2 Å². The molecule has 8 nitrogen and oxygen atoms in total. The van der Waals surface area contributed by atoms with E-state index in [-0.39, 0.29) is 36.7 Å². The molecule has 2 unspecified atom stereocenters. The molecule has 0 aliphatic carbocycles. The second-order valence-corrected chi connectivity index (χ2v) is 12.1. The fourth-order valence-electron chi connectivity index (χ4n) is 6.65. The average molecular weight is 543 g/mol. The van der Waals surface area contributed by atoms with E-state index >= 15 is 0 Å². The number of para-hydroxylation sites is 1. The van der Waals surface area contributed by atoms with Gasteiger partial charge in [0.2, 0.25) is 11.8 Å². The highest BCUT2D eigenvalue weighted by atomic mass is 16.5. The lowest BCUT2D eigenvalue weighted by Gasteiger charge is -2.40. The van der Waals surface area contributed by atoms with Crippen LogP contribution in [-0.2, 0) is 9.59 Å². The number of benzene rings is 2. The Morgan fingerprint density at radius 1 is 1.12 bits per heavy atom. The quantitative estimate of drug-likeness (QED) is 0.516. The maximum atomic E-state index is 13.8. The van der Waals surface area contributed by atoms with Crippen molar-refractivity contribution < 1.29 is 19.1 Å². The van der Waals surface area contributed by atoms with Crippen LogP contribution in [0.15, 0.2) is 53.5 Å². The molecule has 2 aromatic carbocycles. The molecule has 0 spiro atoms. The number of aliphatic imine (C=N–C) groups is 1. The first-order valence-electron chi connectivity index (χ1n) is 14.4. The van der Waals surface area contributed by atoms with Gasteiger partial charge in [0.25, 0.3) is 0 Å². The van der Waals surface area contributed by atoms with Crippen LogP contribution < -0.4 is 20.5 Å². The fraction of sp³-hybridized carbons (Fsp3) is 0.469. The molecule has 5 aliphatic heterocycles. The molecule has 0 saturated carbocycles. The number of nitrogens with one attached hydrogen (secondary N) is 1. The van der Waals surface area contributed by atoms with Crippen LogP contribution in [0.25, 0.3) is 6.08 Å². The van der Waals surface area contributed by atoms with Crippen LogP contribution in [0.1, 0.15) is 94.5 Å². The number of rotatable bonds is 1. The van der Waals surface area contributed by atoms with Crippen molar-refractivity contribution in [1.29, 1.82) is 0 Å². The minimum atomic E-state index is -0.540. The molecule has 210 valence electrons. The van der Waals surface area contributed by atoms with Gasteiger partial charge < -0.3 is 20.5 Å².